The van der Waals surface area contributed by atoms with Crippen LogP contribution >= 0.6 is 23.2 Å². The normalized spacial score (nSPS) is 15.8. The SMILES string of the molecule is O=C([O-])Cc1ccc2cc(Cl)n(C3CCN(CCc4ccc(Cl)cc4)CC3)c2c1. The van der Waals surface area contributed by atoms with Crippen LogP contribution in [0.4, 0.5) is 0 Å². The Morgan fingerprint density at radius 3 is 2.38 bits per heavy atom. The number of rotatable bonds is 6. The molecule has 1 fully saturated rings. The van der Waals surface area contributed by atoms with E-state index in [4.69, 9.17) is 23.2 Å². The molecule has 0 saturated carbocycles. The number of nitrogens with zero attached hydrogens (tertiary/aromatic N) is 2. The van der Waals surface area contributed by atoms with E-state index in [-0.39, 0.29) is 6.42 Å². The predicted octanol–water partition coefficient (Wildman–Crippen LogP) is 4.12. The van der Waals surface area contributed by atoms with Crippen molar-refractivity contribution in [3.8, 4) is 0 Å². The summed E-state index contributed by atoms with van der Waals surface area (Å²) in [7, 11) is 0. The van der Waals surface area contributed by atoms with Crippen molar-refractivity contribution in [3.05, 3.63) is 69.8 Å². The number of fused-ring (bicyclic) bond motifs is 1. The van der Waals surface area contributed by atoms with E-state index >= 15 is 0 Å². The minimum atomic E-state index is -1.07. The molecule has 29 heavy (non-hydrogen) atoms. The number of piperidine rings is 1. The lowest BCUT2D eigenvalue weighted by molar-refractivity contribution is -0.304. The molecule has 0 spiro atoms. The number of aromatic nitrogens is 1. The number of carboxylic acids is 1. The topological polar surface area (TPSA) is 48.3 Å². The average Bonchev–Trinajstić information content (AvgIpc) is 3.02. The van der Waals surface area contributed by atoms with Crippen LogP contribution in [-0.4, -0.2) is 35.1 Å². The maximum Gasteiger partial charge on any atom is 0.110 e. The van der Waals surface area contributed by atoms with Gasteiger partial charge < -0.3 is 19.4 Å². The van der Waals surface area contributed by atoms with Gasteiger partial charge in [-0.15, -0.1) is 0 Å². The van der Waals surface area contributed by atoms with Crippen molar-refractivity contribution in [2.75, 3.05) is 19.6 Å². The summed E-state index contributed by atoms with van der Waals surface area (Å²) in [6.45, 7) is 3.07. The zero-order chi connectivity index (χ0) is 20.4. The number of halogens is 2. The van der Waals surface area contributed by atoms with Crippen LogP contribution in [0.5, 0.6) is 0 Å². The van der Waals surface area contributed by atoms with Gasteiger partial charge in [0.2, 0.25) is 0 Å². The first-order valence-electron chi connectivity index (χ1n) is 9.95. The highest BCUT2D eigenvalue weighted by Crippen LogP contribution is 2.33. The molecule has 152 valence electrons. The summed E-state index contributed by atoms with van der Waals surface area (Å²) in [6.07, 6.45) is 2.98. The fourth-order valence-electron chi connectivity index (χ4n) is 4.22. The van der Waals surface area contributed by atoms with Crippen LogP contribution in [0.1, 0.15) is 30.0 Å². The summed E-state index contributed by atoms with van der Waals surface area (Å²) in [5.74, 6) is -1.07. The monoisotopic (exact) mass is 429 g/mol. The zero-order valence-corrected chi connectivity index (χ0v) is 17.6. The number of carbonyl (C=O) groups excluding carboxylic acids is 1. The van der Waals surface area contributed by atoms with Gasteiger partial charge in [0, 0.05) is 54.0 Å². The third kappa shape index (κ3) is 4.77. The minimum absolute atomic E-state index is 0.0815. The molecule has 0 radical (unpaired) electrons. The maximum absolute atomic E-state index is 11.0. The predicted molar refractivity (Wildman–Crippen MR) is 116 cm³/mol. The molecule has 4 rings (SSSR count). The molecule has 4 nitrogen and oxygen atoms in total. The molecular formula is C23H23Cl2N2O2-. The lowest BCUT2D eigenvalue weighted by atomic mass is 10.0. The van der Waals surface area contributed by atoms with Gasteiger partial charge >= 0.3 is 0 Å². The standard InChI is InChI=1S/C23H24Cl2N2O2/c24-19-5-2-16(3-6-19)7-10-26-11-8-20(9-12-26)27-21-13-17(14-23(28)29)1-4-18(21)15-22(27)25/h1-6,13,15,20H,7-12,14H2,(H,28,29)/p-1. The fraction of sp³-hybridized carbons (Fsp3) is 0.348. The Bertz CT molecular complexity index is 1010. The van der Waals surface area contributed by atoms with Gasteiger partial charge in [0.15, 0.2) is 0 Å². The third-order valence-corrected chi connectivity index (χ3v) is 6.30. The molecule has 0 unspecified atom stereocenters. The lowest BCUT2D eigenvalue weighted by Crippen LogP contribution is -2.36. The van der Waals surface area contributed by atoms with Gasteiger partial charge in [-0.1, -0.05) is 47.5 Å². The van der Waals surface area contributed by atoms with Crippen LogP contribution in [0.25, 0.3) is 10.9 Å². The number of carbonyl (C=O) groups is 1. The fourth-order valence-corrected chi connectivity index (χ4v) is 4.69. The minimum Gasteiger partial charge on any atom is -0.550 e. The van der Waals surface area contributed by atoms with Gasteiger partial charge in [0.25, 0.3) is 0 Å². The maximum atomic E-state index is 11.0. The summed E-state index contributed by atoms with van der Waals surface area (Å²) in [6, 6.07) is 16.1. The second-order valence-electron chi connectivity index (χ2n) is 7.73. The molecule has 1 aromatic heterocycles. The molecule has 6 heteroatoms. The van der Waals surface area contributed by atoms with E-state index in [2.05, 4.69) is 21.6 Å². The van der Waals surface area contributed by atoms with Gasteiger partial charge in [-0.05, 0) is 54.7 Å². The Morgan fingerprint density at radius 1 is 1.00 bits per heavy atom. The van der Waals surface area contributed by atoms with Crippen molar-refractivity contribution in [2.45, 2.75) is 31.7 Å². The van der Waals surface area contributed by atoms with E-state index in [0.29, 0.717) is 11.2 Å². The molecule has 0 aliphatic carbocycles. The summed E-state index contributed by atoms with van der Waals surface area (Å²) >= 11 is 12.5. The van der Waals surface area contributed by atoms with Gasteiger partial charge in [-0.25, -0.2) is 0 Å². The molecule has 0 N–H and O–H groups in total. The third-order valence-electron chi connectivity index (χ3n) is 5.76. The van der Waals surface area contributed by atoms with Gasteiger partial charge in [-0.3, -0.25) is 0 Å². The van der Waals surface area contributed by atoms with E-state index in [0.717, 1.165) is 60.4 Å². The highest BCUT2D eigenvalue weighted by atomic mass is 35.5. The Morgan fingerprint density at radius 2 is 1.69 bits per heavy atom. The van der Waals surface area contributed by atoms with E-state index in [1.165, 1.54) is 5.56 Å². The van der Waals surface area contributed by atoms with E-state index in [1.807, 2.05) is 36.4 Å². The second kappa shape index (κ2) is 8.78. The summed E-state index contributed by atoms with van der Waals surface area (Å²) in [5, 5.41) is 13.5. The number of benzene rings is 2. The number of aliphatic carboxylic acids is 1. The van der Waals surface area contributed by atoms with E-state index in [9.17, 15) is 9.90 Å². The largest absolute Gasteiger partial charge is 0.550 e. The molecule has 1 saturated heterocycles. The quantitative estimate of drug-likeness (QED) is 0.591. The van der Waals surface area contributed by atoms with Crippen LogP contribution < -0.4 is 5.11 Å². The van der Waals surface area contributed by atoms with Crippen molar-refractivity contribution in [1.29, 1.82) is 0 Å². The number of hydrogen-bond donors (Lipinski definition) is 0. The first kappa shape index (κ1) is 20.3. The second-order valence-corrected chi connectivity index (χ2v) is 8.55. The van der Waals surface area contributed by atoms with Crippen LogP contribution in [-0.2, 0) is 17.6 Å². The van der Waals surface area contributed by atoms with Crippen molar-refractivity contribution in [2.24, 2.45) is 0 Å². The first-order valence-corrected chi connectivity index (χ1v) is 10.7. The highest BCUT2D eigenvalue weighted by Gasteiger charge is 2.23. The van der Waals surface area contributed by atoms with Crippen LogP contribution in [0.15, 0.2) is 48.5 Å². The van der Waals surface area contributed by atoms with Crippen LogP contribution in [0.2, 0.25) is 10.2 Å². The molecule has 0 amide bonds. The van der Waals surface area contributed by atoms with Crippen LogP contribution in [0, 0.1) is 0 Å². The zero-order valence-electron chi connectivity index (χ0n) is 16.1. The first-order chi connectivity index (χ1) is 14.0. The Kier molecular flexibility index (Phi) is 6.14. The molecule has 2 aromatic carbocycles. The number of carboxylic acid groups (broad SMARTS) is 1. The average molecular weight is 430 g/mol. The molecular weight excluding hydrogens is 407 g/mol. The van der Waals surface area contributed by atoms with Crippen molar-refractivity contribution >= 4 is 40.1 Å². The molecule has 0 atom stereocenters. The van der Waals surface area contributed by atoms with Gasteiger partial charge in [0.1, 0.15) is 5.15 Å². The lowest BCUT2D eigenvalue weighted by Gasteiger charge is -2.33. The Labute approximate surface area is 180 Å². The molecule has 0 bridgehead atoms. The Hall–Kier alpha value is -2.01. The number of likely N-dealkylation sites (tertiary alicyclic amines) is 1. The molecule has 1 aliphatic heterocycles. The van der Waals surface area contributed by atoms with Crippen molar-refractivity contribution in [3.63, 3.8) is 0 Å². The summed E-state index contributed by atoms with van der Waals surface area (Å²) in [5.41, 5.74) is 3.05. The molecule has 3 aromatic rings. The van der Waals surface area contributed by atoms with Crippen molar-refractivity contribution in [1.82, 2.24) is 9.47 Å². The van der Waals surface area contributed by atoms with Crippen LogP contribution in [0.3, 0.4) is 0 Å². The number of hydrogen-bond acceptors (Lipinski definition) is 3. The highest BCUT2D eigenvalue weighted by molar-refractivity contribution is 6.31. The summed E-state index contributed by atoms with van der Waals surface area (Å²) in [4.78, 5) is 13.4. The molecule has 1 aliphatic rings. The summed E-state index contributed by atoms with van der Waals surface area (Å²) < 4.78 is 2.17. The van der Waals surface area contributed by atoms with E-state index in [1.54, 1.807) is 0 Å². The van der Waals surface area contributed by atoms with Gasteiger partial charge in [0.05, 0.1) is 0 Å². The smallest absolute Gasteiger partial charge is 0.110 e. The van der Waals surface area contributed by atoms with E-state index < -0.39 is 5.97 Å². The Balaban J connectivity index is 1.42. The molecule has 2 heterocycles. The van der Waals surface area contributed by atoms with Crippen molar-refractivity contribution < 1.29 is 9.90 Å². The van der Waals surface area contributed by atoms with Gasteiger partial charge in [-0.2, -0.15) is 0 Å².